The molecule has 1 aromatic carbocycles. The monoisotopic (exact) mass is 412 g/mol. The van der Waals surface area contributed by atoms with Crippen molar-refractivity contribution in [2.45, 2.75) is 19.0 Å². The largest absolute Gasteiger partial charge is 0.495 e. The summed E-state index contributed by atoms with van der Waals surface area (Å²) >= 11 is 12.1. The van der Waals surface area contributed by atoms with Gasteiger partial charge in [0, 0.05) is 30.3 Å². The van der Waals surface area contributed by atoms with E-state index in [0.717, 1.165) is 17.1 Å². The molecular weight excluding hydrogens is 392 g/mol. The van der Waals surface area contributed by atoms with Gasteiger partial charge in [-0.25, -0.2) is 0 Å². The number of methoxy groups -OCH3 is 1. The Morgan fingerprint density at radius 1 is 1.18 bits per heavy atom. The van der Waals surface area contributed by atoms with E-state index in [1.807, 2.05) is 36.4 Å². The zero-order chi connectivity index (χ0) is 19.8. The van der Waals surface area contributed by atoms with Crippen LogP contribution >= 0.6 is 23.8 Å². The van der Waals surface area contributed by atoms with Gasteiger partial charge in [0.15, 0.2) is 5.11 Å². The molecule has 5 nitrogen and oxygen atoms in total. The molecule has 0 bridgehead atoms. The molecule has 1 aliphatic rings. The fourth-order valence-corrected chi connectivity index (χ4v) is 4.27. The second kappa shape index (κ2) is 7.45. The molecule has 3 heterocycles. The molecule has 2 aromatic heterocycles. The fourth-order valence-electron chi connectivity index (χ4n) is 3.67. The first kappa shape index (κ1) is 18.8. The molecular formula is C21H21ClN4OS. The van der Waals surface area contributed by atoms with Gasteiger partial charge >= 0.3 is 0 Å². The van der Waals surface area contributed by atoms with E-state index < -0.39 is 0 Å². The maximum Gasteiger partial charge on any atom is 0.174 e. The molecule has 4 rings (SSSR count). The summed E-state index contributed by atoms with van der Waals surface area (Å²) in [4.78, 5) is 6.68. The number of anilines is 1. The molecule has 0 radical (unpaired) electrons. The molecule has 0 spiro atoms. The van der Waals surface area contributed by atoms with Gasteiger partial charge in [0.05, 0.1) is 23.9 Å². The summed E-state index contributed by atoms with van der Waals surface area (Å²) in [6.45, 7) is 2.09. The van der Waals surface area contributed by atoms with E-state index in [0.29, 0.717) is 15.9 Å². The summed E-state index contributed by atoms with van der Waals surface area (Å²) in [5, 5.41) is 4.65. The third-order valence-corrected chi connectivity index (χ3v) is 5.84. The Kier molecular flexibility index (Phi) is 5.00. The highest BCUT2D eigenvalue weighted by Crippen LogP contribution is 2.43. The molecule has 28 heavy (non-hydrogen) atoms. The van der Waals surface area contributed by atoms with Gasteiger partial charge in [0.25, 0.3) is 0 Å². The number of hydrogen-bond donors (Lipinski definition) is 1. The number of aryl methyl sites for hydroxylation is 1. The number of halogens is 1. The van der Waals surface area contributed by atoms with Crippen LogP contribution in [0.5, 0.6) is 5.75 Å². The van der Waals surface area contributed by atoms with Crippen molar-refractivity contribution >= 4 is 34.6 Å². The highest BCUT2D eigenvalue weighted by molar-refractivity contribution is 7.80. The van der Waals surface area contributed by atoms with Crippen LogP contribution in [0.3, 0.4) is 0 Å². The zero-order valence-electron chi connectivity index (χ0n) is 15.9. The normalized spacial score (nSPS) is 19.0. The van der Waals surface area contributed by atoms with Gasteiger partial charge in [0.1, 0.15) is 11.8 Å². The minimum absolute atomic E-state index is 0.0643. The molecule has 1 saturated heterocycles. The molecule has 0 aliphatic carbocycles. The van der Waals surface area contributed by atoms with E-state index >= 15 is 0 Å². The highest BCUT2D eigenvalue weighted by Gasteiger charge is 2.42. The second-order valence-electron chi connectivity index (χ2n) is 6.77. The van der Waals surface area contributed by atoms with Crippen molar-refractivity contribution in [3.05, 3.63) is 76.8 Å². The van der Waals surface area contributed by atoms with Gasteiger partial charge in [-0.1, -0.05) is 17.7 Å². The molecule has 1 fully saturated rings. The van der Waals surface area contributed by atoms with Gasteiger partial charge < -0.3 is 19.5 Å². The van der Waals surface area contributed by atoms with Crippen molar-refractivity contribution in [3.8, 4) is 5.75 Å². The average molecular weight is 413 g/mol. The lowest BCUT2D eigenvalue weighted by Gasteiger charge is -2.28. The summed E-state index contributed by atoms with van der Waals surface area (Å²) in [6, 6.07) is 15.8. The first-order valence-electron chi connectivity index (χ1n) is 8.97. The minimum Gasteiger partial charge on any atom is -0.495 e. The molecule has 1 aliphatic heterocycles. The lowest BCUT2D eigenvalue weighted by Crippen LogP contribution is -2.30. The van der Waals surface area contributed by atoms with E-state index in [4.69, 9.17) is 28.6 Å². The van der Waals surface area contributed by atoms with Gasteiger partial charge in [-0.05, 0) is 61.6 Å². The number of aromatic nitrogens is 2. The quantitative estimate of drug-likeness (QED) is 0.636. The van der Waals surface area contributed by atoms with Crippen LogP contribution in [-0.2, 0) is 7.05 Å². The number of nitrogens with zero attached hydrogens (tertiary/aromatic N) is 3. The van der Waals surface area contributed by atoms with Crippen molar-refractivity contribution in [1.82, 2.24) is 14.9 Å². The molecule has 144 valence electrons. The molecule has 0 amide bonds. The molecule has 1 N–H and O–H groups in total. The Balaban J connectivity index is 1.85. The van der Waals surface area contributed by atoms with Crippen LogP contribution in [0.4, 0.5) is 5.69 Å². The first-order chi connectivity index (χ1) is 13.5. The van der Waals surface area contributed by atoms with Crippen molar-refractivity contribution in [2.75, 3.05) is 12.0 Å². The van der Waals surface area contributed by atoms with Gasteiger partial charge in [0.2, 0.25) is 0 Å². The lowest BCUT2D eigenvalue weighted by atomic mass is 10.0. The van der Waals surface area contributed by atoms with Crippen LogP contribution in [0, 0.1) is 6.92 Å². The summed E-state index contributed by atoms with van der Waals surface area (Å²) in [7, 11) is 3.68. The number of pyridine rings is 1. The SMILES string of the molecule is COc1ccc(N2C(=S)N[C@@H](c3ccccn3)[C@@H]2c2ccc(C)n2C)cc1Cl. The summed E-state index contributed by atoms with van der Waals surface area (Å²) in [5.41, 5.74) is 4.18. The number of ether oxygens (including phenoxy) is 1. The second-order valence-corrected chi connectivity index (χ2v) is 7.57. The number of hydrogen-bond acceptors (Lipinski definition) is 3. The maximum absolute atomic E-state index is 6.41. The van der Waals surface area contributed by atoms with E-state index in [1.54, 1.807) is 13.3 Å². The van der Waals surface area contributed by atoms with Crippen molar-refractivity contribution < 1.29 is 4.74 Å². The molecule has 7 heteroatoms. The average Bonchev–Trinajstić information content (AvgIpc) is 3.21. The molecule has 0 saturated carbocycles. The van der Waals surface area contributed by atoms with Crippen molar-refractivity contribution in [1.29, 1.82) is 0 Å². The van der Waals surface area contributed by atoms with Crippen LogP contribution in [0.15, 0.2) is 54.7 Å². The summed E-state index contributed by atoms with van der Waals surface area (Å²) < 4.78 is 7.49. The van der Waals surface area contributed by atoms with E-state index in [2.05, 4.69) is 45.9 Å². The van der Waals surface area contributed by atoms with Crippen LogP contribution in [0.25, 0.3) is 0 Å². The Hall–Kier alpha value is -2.57. The highest BCUT2D eigenvalue weighted by atomic mass is 35.5. The van der Waals surface area contributed by atoms with Crippen LogP contribution in [0.1, 0.15) is 29.2 Å². The van der Waals surface area contributed by atoms with Crippen LogP contribution in [0.2, 0.25) is 5.02 Å². The summed E-state index contributed by atoms with van der Waals surface area (Å²) in [6.07, 6.45) is 1.81. The number of benzene rings is 1. The molecule has 2 atom stereocenters. The third-order valence-electron chi connectivity index (χ3n) is 5.23. The van der Waals surface area contributed by atoms with E-state index in [9.17, 15) is 0 Å². The van der Waals surface area contributed by atoms with E-state index in [1.165, 1.54) is 5.69 Å². The zero-order valence-corrected chi connectivity index (χ0v) is 17.5. The van der Waals surface area contributed by atoms with Gasteiger partial charge in [-0.2, -0.15) is 0 Å². The molecule has 3 aromatic rings. The summed E-state index contributed by atoms with van der Waals surface area (Å²) in [5.74, 6) is 0.635. The standard InChI is InChI=1S/C21H21ClN4OS/c1-13-7-9-17(25(13)2)20-19(16-6-4-5-11-23-16)24-21(28)26(20)14-8-10-18(27-3)15(22)12-14/h4-12,19-20H,1-3H3,(H,24,28)/t19-,20-/m0/s1. The molecule has 0 unspecified atom stereocenters. The van der Waals surface area contributed by atoms with Gasteiger partial charge in [-0.15, -0.1) is 0 Å². The predicted molar refractivity (Wildman–Crippen MR) is 116 cm³/mol. The number of thiocarbonyl (C=S) groups is 1. The topological polar surface area (TPSA) is 42.3 Å². The predicted octanol–water partition coefficient (Wildman–Crippen LogP) is 4.57. The Labute approximate surface area is 174 Å². The van der Waals surface area contributed by atoms with E-state index in [-0.39, 0.29) is 12.1 Å². The lowest BCUT2D eigenvalue weighted by molar-refractivity contribution is 0.415. The number of rotatable bonds is 4. The minimum atomic E-state index is -0.0809. The Morgan fingerprint density at radius 2 is 2.00 bits per heavy atom. The van der Waals surface area contributed by atoms with Crippen LogP contribution in [-0.4, -0.2) is 21.8 Å². The smallest absolute Gasteiger partial charge is 0.174 e. The maximum atomic E-state index is 6.41. The first-order valence-corrected chi connectivity index (χ1v) is 9.76. The van der Waals surface area contributed by atoms with Crippen LogP contribution < -0.4 is 15.0 Å². The van der Waals surface area contributed by atoms with Crippen molar-refractivity contribution in [2.24, 2.45) is 7.05 Å². The number of nitrogens with one attached hydrogen (secondary N) is 1. The van der Waals surface area contributed by atoms with Crippen molar-refractivity contribution in [3.63, 3.8) is 0 Å². The Bertz CT molecular complexity index is 1020. The Morgan fingerprint density at radius 3 is 2.61 bits per heavy atom. The third kappa shape index (κ3) is 3.12. The van der Waals surface area contributed by atoms with Gasteiger partial charge in [-0.3, -0.25) is 4.98 Å². The fraction of sp³-hybridized carbons (Fsp3) is 0.238.